The summed E-state index contributed by atoms with van der Waals surface area (Å²) in [5.41, 5.74) is 9.16. The van der Waals surface area contributed by atoms with Gasteiger partial charge in [-0.1, -0.05) is 31.2 Å². The van der Waals surface area contributed by atoms with Gasteiger partial charge in [0.1, 0.15) is 18.1 Å². The molecular formula is C17H21NO2. The molecule has 3 nitrogen and oxygen atoms in total. The summed E-state index contributed by atoms with van der Waals surface area (Å²) in [6.45, 7) is 3.16. The van der Waals surface area contributed by atoms with Crippen molar-refractivity contribution in [1.29, 1.82) is 0 Å². The molecule has 0 amide bonds. The minimum Gasteiger partial charge on any atom is -0.497 e. The molecule has 2 aromatic rings. The molecule has 0 heterocycles. The third-order valence-electron chi connectivity index (χ3n) is 3.25. The highest BCUT2D eigenvalue weighted by atomic mass is 16.5. The van der Waals surface area contributed by atoms with Gasteiger partial charge in [0, 0.05) is 12.6 Å². The largest absolute Gasteiger partial charge is 0.497 e. The Hall–Kier alpha value is -2.00. The highest BCUT2D eigenvalue weighted by Gasteiger charge is 2.02. The van der Waals surface area contributed by atoms with Crippen LogP contribution in [0.4, 0.5) is 0 Å². The van der Waals surface area contributed by atoms with Crippen LogP contribution in [0.1, 0.15) is 23.6 Å². The maximum absolute atomic E-state index is 5.81. The molecule has 2 aromatic carbocycles. The molecule has 106 valence electrons. The Morgan fingerprint density at radius 1 is 0.900 bits per heavy atom. The zero-order valence-electron chi connectivity index (χ0n) is 12.1. The van der Waals surface area contributed by atoms with Gasteiger partial charge in [-0.25, -0.2) is 0 Å². The smallest absolute Gasteiger partial charge is 0.123 e. The van der Waals surface area contributed by atoms with E-state index in [9.17, 15) is 0 Å². The van der Waals surface area contributed by atoms with Crippen LogP contribution in [0.3, 0.4) is 0 Å². The molecule has 0 fully saturated rings. The third-order valence-corrected chi connectivity index (χ3v) is 3.25. The van der Waals surface area contributed by atoms with Crippen LogP contribution in [-0.2, 0) is 19.6 Å². The number of hydrogen-bond acceptors (Lipinski definition) is 3. The SMILES string of the molecule is CCc1ccc(COc2cc(CN)cc(OC)c2)cc1. The number of methoxy groups -OCH3 is 1. The minimum absolute atomic E-state index is 0.471. The van der Waals surface area contributed by atoms with Crippen LogP contribution < -0.4 is 15.2 Å². The molecule has 0 aliphatic carbocycles. The van der Waals surface area contributed by atoms with E-state index in [-0.39, 0.29) is 0 Å². The Kier molecular flexibility index (Phi) is 5.02. The standard InChI is InChI=1S/C17H21NO2/c1-3-13-4-6-14(7-5-13)12-20-17-9-15(11-18)8-16(10-17)19-2/h4-10H,3,11-12,18H2,1-2H3. The molecule has 0 saturated heterocycles. The predicted octanol–water partition coefficient (Wildman–Crippen LogP) is 3.30. The van der Waals surface area contributed by atoms with Crippen molar-refractivity contribution in [3.05, 3.63) is 59.2 Å². The van der Waals surface area contributed by atoms with Crippen molar-refractivity contribution in [2.45, 2.75) is 26.5 Å². The van der Waals surface area contributed by atoms with E-state index in [0.717, 1.165) is 29.0 Å². The first-order chi connectivity index (χ1) is 9.75. The second-order valence-corrected chi connectivity index (χ2v) is 4.68. The molecule has 0 aromatic heterocycles. The van der Waals surface area contributed by atoms with Crippen LogP contribution in [0.2, 0.25) is 0 Å². The average Bonchev–Trinajstić information content (AvgIpc) is 2.53. The van der Waals surface area contributed by atoms with Gasteiger partial charge in [-0.05, 0) is 35.2 Å². The van der Waals surface area contributed by atoms with Crippen molar-refractivity contribution in [2.75, 3.05) is 7.11 Å². The first kappa shape index (κ1) is 14.4. The highest BCUT2D eigenvalue weighted by Crippen LogP contribution is 2.23. The monoisotopic (exact) mass is 271 g/mol. The summed E-state index contributed by atoms with van der Waals surface area (Å²) >= 11 is 0. The van der Waals surface area contributed by atoms with Gasteiger partial charge in [-0.15, -0.1) is 0 Å². The Bertz CT molecular complexity index is 527. The second kappa shape index (κ2) is 6.96. The number of rotatable bonds is 6. The maximum Gasteiger partial charge on any atom is 0.123 e. The topological polar surface area (TPSA) is 44.5 Å². The van der Waals surface area contributed by atoms with Gasteiger partial charge in [0.05, 0.1) is 7.11 Å². The summed E-state index contributed by atoms with van der Waals surface area (Å²) in [4.78, 5) is 0. The Balaban J connectivity index is 2.05. The molecule has 20 heavy (non-hydrogen) atoms. The van der Waals surface area contributed by atoms with Crippen LogP contribution >= 0.6 is 0 Å². The van der Waals surface area contributed by atoms with Crippen molar-refractivity contribution in [3.8, 4) is 11.5 Å². The molecule has 0 atom stereocenters. The van der Waals surface area contributed by atoms with Crippen LogP contribution in [0.25, 0.3) is 0 Å². The van der Waals surface area contributed by atoms with Crippen molar-refractivity contribution in [3.63, 3.8) is 0 Å². The lowest BCUT2D eigenvalue weighted by atomic mass is 10.1. The van der Waals surface area contributed by atoms with E-state index in [1.807, 2.05) is 18.2 Å². The summed E-state index contributed by atoms with van der Waals surface area (Å²) < 4.78 is 11.1. The van der Waals surface area contributed by atoms with E-state index in [1.54, 1.807) is 7.11 Å². The number of benzene rings is 2. The number of ether oxygens (including phenoxy) is 2. The quantitative estimate of drug-likeness (QED) is 0.876. The molecule has 0 unspecified atom stereocenters. The van der Waals surface area contributed by atoms with E-state index in [4.69, 9.17) is 15.2 Å². The molecular weight excluding hydrogens is 250 g/mol. The summed E-state index contributed by atoms with van der Waals surface area (Å²) in [7, 11) is 1.64. The molecule has 0 aliphatic heterocycles. The van der Waals surface area contributed by atoms with Crippen LogP contribution in [-0.4, -0.2) is 7.11 Å². The van der Waals surface area contributed by atoms with Crippen LogP contribution in [0.15, 0.2) is 42.5 Å². The second-order valence-electron chi connectivity index (χ2n) is 4.68. The van der Waals surface area contributed by atoms with Gasteiger partial charge in [-0.3, -0.25) is 0 Å². The molecule has 0 spiro atoms. The Morgan fingerprint density at radius 2 is 1.55 bits per heavy atom. The van der Waals surface area contributed by atoms with Crippen molar-refractivity contribution in [1.82, 2.24) is 0 Å². The lowest BCUT2D eigenvalue weighted by Gasteiger charge is -2.10. The molecule has 0 saturated carbocycles. The van der Waals surface area contributed by atoms with E-state index in [0.29, 0.717) is 13.2 Å². The van der Waals surface area contributed by atoms with Gasteiger partial charge in [0.25, 0.3) is 0 Å². The predicted molar refractivity (Wildman–Crippen MR) is 81.0 cm³/mol. The highest BCUT2D eigenvalue weighted by molar-refractivity contribution is 5.38. The first-order valence-corrected chi connectivity index (χ1v) is 6.83. The van der Waals surface area contributed by atoms with E-state index >= 15 is 0 Å². The van der Waals surface area contributed by atoms with Gasteiger partial charge in [-0.2, -0.15) is 0 Å². The van der Waals surface area contributed by atoms with E-state index < -0.39 is 0 Å². The summed E-state index contributed by atoms with van der Waals surface area (Å²) in [6, 6.07) is 14.2. The van der Waals surface area contributed by atoms with Crippen molar-refractivity contribution >= 4 is 0 Å². The lowest BCUT2D eigenvalue weighted by molar-refractivity contribution is 0.303. The van der Waals surface area contributed by atoms with E-state index in [1.165, 1.54) is 5.56 Å². The Labute approximate surface area is 120 Å². The zero-order chi connectivity index (χ0) is 14.4. The molecule has 3 heteroatoms. The number of nitrogens with two attached hydrogens (primary N) is 1. The van der Waals surface area contributed by atoms with Gasteiger partial charge >= 0.3 is 0 Å². The number of aryl methyl sites for hydroxylation is 1. The Morgan fingerprint density at radius 3 is 2.15 bits per heavy atom. The average molecular weight is 271 g/mol. The summed E-state index contributed by atoms with van der Waals surface area (Å²) in [5, 5.41) is 0. The zero-order valence-corrected chi connectivity index (χ0v) is 12.1. The van der Waals surface area contributed by atoms with Crippen LogP contribution in [0, 0.1) is 0 Å². The van der Waals surface area contributed by atoms with E-state index in [2.05, 4.69) is 31.2 Å². The van der Waals surface area contributed by atoms with Gasteiger partial charge in [0.2, 0.25) is 0 Å². The first-order valence-electron chi connectivity index (χ1n) is 6.83. The number of hydrogen-bond donors (Lipinski definition) is 1. The molecule has 2 rings (SSSR count). The normalized spacial score (nSPS) is 10.3. The van der Waals surface area contributed by atoms with Crippen molar-refractivity contribution in [2.24, 2.45) is 5.73 Å². The molecule has 0 radical (unpaired) electrons. The van der Waals surface area contributed by atoms with Gasteiger partial charge in [0.15, 0.2) is 0 Å². The third kappa shape index (κ3) is 3.75. The molecule has 0 bridgehead atoms. The van der Waals surface area contributed by atoms with Crippen molar-refractivity contribution < 1.29 is 9.47 Å². The summed E-state index contributed by atoms with van der Waals surface area (Å²) in [5.74, 6) is 1.55. The molecule has 0 aliphatic rings. The fraction of sp³-hybridized carbons (Fsp3) is 0.294. The molecule has 2 N–H and O–H groups in total. The summed E-state index contributed by atoms with van der Waals surface area (Å²) in [6.07, 6.45) is 1.05. The fourth-order valence-corrected chi connectivity index (χ4v) is 1.99. The fourth-order valence-electron chi connectivity index (χ4n) is 1.99. The minimum atomic E-state index is 0.471. The van der Waals surface area contributed by atoms with Gasteiger partial charge < -0.3 is 15.2 Å². The lowest BCUT2D eigenvalue weighted by Crippen LogP contribution is -2.00. The van der Waals surface area contributed by atoms with Crippen LogP contribution in [0.5, 0.6) is 11.5 Å². The maximum atomic E-state index is 5.81.